The Labute approximate surface area is 292 Å². The minimum atomic E-state index is -3.85. The average molecular weight is 724 g/mol. The maximum atomic E-state index is 14.6. The van der Waals surface area contributed by atoms with Crippen LogP contribution in [0.1, 0.15) is 92.9 Å². The Bertz CT molecular complexity index is 1450. The number of rotatable bonds is 7. The fraction of sp³-hybridized carbons (Fsp3) is 0.824. The summed E-state index contributed by atoms with van der Waals surface area (Å²) in [5, 5.41) is 5.03. The summed E-state index contributed by atoms with van der Waals surface area (Å²) in [6, 6.07) is -1.69. The van der Waals surface area contributed by atoms with E-state index in [9.17, 15) is 27.6 Å². The molecule has 49 heavy (non-hydrogen) atoms. The third-order valence-electron chi connectivity index (χ3n) is 10.7. The highest BCUT2D eigenvalue weighted by molar-refractivity contribution is 7.91. The van der Waals surface area contributed by atoms with Crippen molar-refractivity contribution in [1.82, 2.24) is 25.2 Å². The molecule has 2 heterocycles. The number of allylic oxidation sites excluding steroid dienone is 1. The molecule has 0 aromatic rings. The smallest absolute Gasteiger partial charge is 0.408 e. The van der Waals surface area contributed by atoms with E-state index in [0.29, 0.717) is 31.8 Å². The number of ether oxygens (including phenoxy) is 1. The van der Waals surface area contributed by atoms with E-state index in [1.165, 1.54) is 4.90 Å². The first-order valence-electron chi connectivity index (χ1n) is 17.9. The highest BCUT2D eigenvalue weighted by Crippen LogP contribution is 2.46. The van der Waals surface area contributed by atoms with Crippen molar-refractivity contribution < 1.29 is 36.8 Å². The van der Waals surface area contributed by atoms with Crippen molar-refractivity contribution in [2.24, 2.45) is 5.92 Å². The average Bonchev–Trinajstić information content (AvgIpc) is 3.83. The molecule has 3 N–H and O–H groups in total. The van der Waals surface area contributed by atoms with Gasteiger partial charge in [-0.25, -0.2) is 13.2 Å². The molecule has 0 spiro atoms. The Morgan fingerprint density at radius 3 is 2.31 bits per heavy atom. The number of hydrogen-bond acceptors (Lipinski definition) is 9. The van der Waals surface area contributed by atoms with Crippen molar-refractivity contribution >= 4 is 42.2 Å². The molecule has 5 atom stereocenters. The molecule has 13 nitrogen and oxygen atoms in total. The molecule has 15 heteroatoms. The van der Waals surface area contributed by atoms with E-state index in [2.05, 4.69) is 54.1 Å². The summed E-state index contributed by atoms with van der Waals surface area (Å²) < 4.78 is 40.1. The molecular weight excluding hydrogens is 667 g/mol. The van der Waals surface area contributed by atoms with Crippen molar-refractivity contribution in [2.75, 3.05) is 19.6 Å². The second kappa shape index (κ2) is 13.6. The van der Waals surface area contributed by atoms with Gasteiger partial charge in [0.25, 0.3) is 5.91 Å². The van der Waals surface area contributed by atoms with Gasteiger partial charge in [-0.15, -0.1) is 0 Å². The Balaban J connectivity index is 1.48. The van der Waals surface area contributed by atoms with Crippen molar-refractivity contribution in [3.63, 3.8) is 0 Å². The highest BCUT2D eigenvalue weighted by Gasteiger charge is 2.62. The lowest BCUT2D eigenvalue weighted by molar-refractivity contribution is -0.141. The number of nitrogens with zero attached hydrogens (tertiary/aromatic N) is 2. The Kier molecular flexibility index (Phi) is 10.5. The van der Waals surface area contributed by atoms with Crippen LogP contribution in [0.15, 0.2) is 12.2 Å². The standard InChI is InChI=1S/C34H57N5O8SSi/c1-32(2,3)46-31(43)35-26-21-38(23-13-14-23)17-11-9-10-12-22-19-34(22,30(42)37-48(44,45)25-15-16-25)36-28(40)27-18-24(20-39(27)29(26)41)47-49(7,8)33(4,5)6/h10,12,22-27H,9,11,13-21H2,1-8H3,(H,35,43)(H,36,40)(H,37,42)/b12-10-/t22-,24-,26+,27+,34-/m1/s1. The number of hydrogen-bond donors (Lipinski definition) is 3. The first kappa shape index (κ1) is 37.8. The zero-order chi connectivity index (χ0) is 36.2. The maximum Gasteiger partial charge on any atom is 0.408 e. The molecule has 1 saturated heterocycles. The summed E-state index contributed by atoms with van der Waals surface area (Å²) in [7, 11) is -6.18. The van der Waals surface area contributed by atoms with Gasteiger partial charge in [-0.2, -0.15) is 0 Å². The van der Waals surface area contributed by atoms with Crippen LogP contribution in [0, 0.1) is 5.92 Å². The maximum absolute atomic E-state index is 14.6. The van der Waals surface area contributed by atoms with Crippen LogP contribution in [-0.4, -0.2) is 111 Å². The van der Waals surface area contributed by atoms with Gasteiger partial charge < -0.3 is 24.7 Å². The van der Waals surface area contributed by atoms with Crippen LogP contribution in [0.3, 0.4) is 0 Å². The second-order valence-corrected chi connectivity index (χ2v) is 23.9. The lowest BCUT2D eigenvalue weighted by Gasteiger charge is -2.38. The Morgan fingerprint density at radius 2 is 1.71 bits per heavy atom. The van der Waals surface area contributed by atoms with E-state index in [1.807, 2.05) is 12.2 Å². The summed E-state index contributed by atoms with van der Waals surface area (Å²) in [4.78, 5) is 59.4. The molecule has 2 aliphatic heterocycles. The van der Waals surface area contributed by atoms with Gasteiger partial charge in [0.15, 0.2) is 8.32 Å². The van der Waals surface area contributed by atoms with Gasteiger partial charge in [-0.1, -0.05) is 32.9 Å². The van der Waals surface area contributed by atoms with Gasteiger partial charge in [0.1, 0.15) is 23.2 Å². The quantitative estimate of drug-likeness (QED) is 0.265. The first-order chi connectivity index (χ1) is 22.6. The van der Waals surface area contributed by atoms with Crippen LogP contribution in [-0.2, 0) is 33.6 Å². The highest BCUT2D eigenvalue weighted by atomic mass is 32.2. The summed E-state index contributed by atoms with van der Waals surface area (Å²) in [6.45, 7) is 17.0. The molecule has 0 bridgehead atoms. The van der Waals surface area contributed by atoms with E-state index in [0.717, 1.165) is 19.3 Å². The van der Waals surface area contributed by atoms with Gasteiger partial charge in [-0.05, 0) is 90.4 Å². The number of carbonyl (C=O) groups excluding carboxylic acids is 4. The van der Waals surface area contributed by atoms with E-state index < -0.39 is 76.7 Å². The Hall–Kier alpha value is -2.49. The number of carbonyl (C=O) groups is 4. The van der Waals surface area contributed by atoms with Crippen LogP contribution in [0.4, 0.5) is 4.79 Å². The summed E-state index contributed by atoms with van der Waals surface area (Å²) >= 11 is 0. The minimum absolute atomic E-state index is 0.121. The molecule has 0 aromatic carbocycles. The molecule has 4 amide bonds. The van der Waals surface area contributed by atoms with Crippen LogP contribution >= 0.6 is 0 Å². The molecular formula is C34H57N5O8SSi. The lowest BCUT2D eigenvalue weighted by atomic mass is 10.1. The monoisotopic (exact) mass is 723 g/mol. The van der Waals surface area contributed by atoms with Crippen LogP contribution < -0.4 is 15.4 Å². The third kappa shape index (κ3) is 9.06. The van der Waals surface area contributed by atoms with Crippen LogP contribution in [0.5, 0.6) is 0 Å². The largest absolute Gasteiger partial charge is 0.444 e. The molecule has 5 aliphatic rings. The third-order valence-corrected chi connectivity index (χ3v) is 17.1. The Morgan fingerprint density at radius 1 is 1.04 bits per heavy atom. The van der Waals surface area contributed by atoms with Gasteiger partial charge >= 0.3 is 6.09 Å². The molecule has 0 unspecified atom stereocenters. The minimum Gasteiger partial charge on any atom is -0.444 e. The van der Waals surface area contributed by atoms with E-state index in [1.54, 1.807) is 20.8 Å². The van der Waals surface area contributed by atoms with E-state index in [4.69, 9.17) is 9.16 Å². The molecule has 3 saturated carbocycles. The van der Waals surface area contributed by atoms with Gasteiger partial charge in [0.05, 0.1) is 11.4 Å². The molecule has 276 valence electrons. The molecule has 0 aromatic heterocycles. The number of fused-ring (bicyclic) bond motifs is 2. The zero-order valence-electron chi connectivity index (χ0n) is 30.5. The topological polar surface area (TPSA) is 163 Å². The predicted molar refractivity (Wildman–Crippen MR) is 187 cm³/mol. The van der Waals surface area contributed by atoms with E-state index in [-0.39, 0.29) is 36.9 Å². The number of amides is 4. The van der Waals surface area contributed by atoms with Gasteiger partial charge in [0, 0.05) is 31.5 Å². The van der Waals surface area contributed by atoms with Crippen LogP contribution in [0.2, 0.25) is 18.1 Å². The summed E-state index contributed by atoms with van der Waals surface area (Å²) in [6.07, 6.45) is 7.66. The summed E-state index contributed by atoms with van der Waals surface area (Å²) in [5.74, 6) is -2.11. The molecule has 4 fully saturated rings. The van der Waals surface area contributed by atoms with Gasteiger partial charge in [-0.3, -0.25) is 24.0 Å². The zero-order valence-corrected chi connectivity index (χ0v) is 32.3. The fourth-order valence-corrected chi connectivity index (χ4v) is 9.26. The van der Waals surface area contributed by atoms with Gasteiger partial charge in [0.2, 0.25) is 21.8 Å². The van der Waals surface area contributed by atoms with Crippen molar-refractivity contribution in [3.8, 4) is 0 Å². The molecule has 0 radical (unpaired) electrons. The first-order valence-corrected chi connectivity index (χ1v) is 22.3. The second-order valence-electron chi connectivity index (χ2n) is 17.2. The summed E-state index contributed by atoms with van der Waals surface area (Å²) in [5.41, 5.74) is -2.23. The van der Waals surface area contributed by atoms with Crippen molar-refractivity contribution in [1.29, 1.82) is 0 Å². The number of nitrogens with one attached hydrogen (secondary N) is 3. The van der Waals surface area contributed by atoms with Crippen molar-refractivity contribution in [3.05, 3.63) is 12.2 Å². The SMILES string of the molecule is CC(C)(C)OC(=O)N[C@H]1CN(C2CC2)CCC/C=C\[C@@H]2C[C@@]2(C(=O)NS(=O)(=O)C2CC2)NC(=O)[C@@H]2C[C@@H](O[Si](C)(C)C(C)(C)C)CN2C1=O. The normalized spacial score (nSPS) is 31.4. The number of sulfonamides is 1. The molecule has 3 aliphatic carbocycles. The number of alkyl carbamates (subject to hydrolysis) is 1. The van der Waals surface area contributed by atoms with Crippen LogP contribution in [0.25, 0.3) is 0 Å². The fourth-order valence-electron chi connectivity index (χ4n) is 6.54. The van der Waals surface area contributed by atoms with Crippen molar-refractivity contribution in [2.45, 2.75) is 152 Å². The predicted octanol–water partition coefficient (Wildman–Crippen LogP) is 3.17. The van der Waals surface area contributed by atoms with E-state index >= 15 is 0 Å². The lowest BCUT2D eigenvalue weighted by Crippen LogP contribution is -2.60. The molecule has 5 rings (SSSR count).